The summed E-state index contributed by atoms with van der Waals surface area (Å²) in [6.45, 7) is 5.09. The predicted molar refractivity (Wildman–Crippen MR) is 168 cm³/mol. The zero-order valence-corrected chi connectivity index (χ0v) is 26.0. The van der Waals surface area contributed by atoms with Gasteiger partial charge in [0.25, 0.3) is 0 Å². The van der Waals surface area contributed by atoms with Crippen molar-refractivity contribution in [1.82, 2.24) is 0 Å². The topological polar surface area (TPSA) is 92.5 Å². The van der Waals surface area contributed by atoms with Gasteiger partial charge in [0.05, 0.1) is 13.2 Å². The Morgan fingerprint density at radius 1 is 0.548 bits per heavy atom. The highest BCUT2D eigenvalue weighted by Crippen LogP contribution is 2.71. The molecule has 0 aromatic heterocycles. The Hall–Kier alpha value is -3.76. The van der Waals surface area contributed by atoms with Gasteiger partial charge in [0.15, 0.2) is 20.0 Å². The van der Waals surface area contributed by atoms with Crippen molar-refractivity contribution in [1.29, 1.82) is 0 Å². The van der Waals surface area contributed by atoms with Crippen molar-refractivity contribution < 1.29 is 27.6 Å². The smallest absolute Gasteiger partial charge is 0.460 e. The van der Waals surface area contributed by atoms with Crippen LogP contribution in [0.3, 0.4) is 0 Å². The van der Waals surface area contributed by atoms with E-state index in [1.165, 1.54) is 0 Å². The van der Waals surface area contributed by atoms with Crippen LogP contribution in [0.5, 0.6) is 34.5 Å². The van der Waals surface area contributed by atoms with E-state index in [1.54, 1.807) is 6.07 Å². The van der Waals surface area contributed by atoms with Crippen LogP contribution in [0.1, 0.15) is 26.7 Å². The van der Waals surface area contributed by atoms with E-state index in [0.717, 1.165) is 12.8 Å². The first-order chi connectivity index (χ1) is 20.6. The molecule has 4 aromatic carbocycles. The van der Waals surface area contributed by atoms with E-state index in [-0.39, 0.29) is 0 Å². The first-order valence-electron chi connectivity index (χ1n) is 13.6. The molecule has 0 bridgehead atoms. The van der Waals surface area contributed by atoms with Gasteiger partial charge < -0.3 is 27.6 Å². The van der Waals surface area contributed by atoms with Crippen molar-refractivity contribution in [3.8, 4) is 34.5 Å². The first-order valence-corrected chi connectivity index (χ1v) is 17.5. The molecule has 1 aliphatic rings. The van der Waals surface area contributed by atoms with E-state index in [2.05, 4.69) is 4.52 Å². The number of rotatable bonds is 14. The van der Waals surface area contributed by atoms with Gasteiger partial charge in [-0.15, -0.1) is 9.03 Å². The van der Waals surface area contributed by atoms with E-state index in [9.17, 15) is 0 Å². The third kappa shape index (κ3) is 7.74. The lowest BCUT2D eigenvalue weighted by atomic mass is 10.3. The molecule has 1 atom stereocenters. The van der Waals surface area contributed by atoms with Crippen molar-refractivity contribution >= 4 is 23.8 Å². The molecular formula is C30H32N3O6P3. The van der Waals surface area contributed by atoms with Crippen LogP contribution in [0.15, 0.2) is 123 Å². The Kier molecular flexibility index (Phi) is 10.2. The lowest BCUT2D eigenvalue weighted by molar-refractivity contribution is 0.262. The Morgan fingerprint density at radius 3 is 1.60 bits per heavy atom. The van der Waals surface area contributed by atoms with Crippen molar-refractivity contribution in [2.24, 2.45) is 13.5 Å². The summed E-state index contributed by atoms with van der Waals surface area (Å²) in [5.74, 6) is 3.05. The van der Waals surface area contributed by atoms with E-state index in [1.807, 2.05) is 117 Å². The highest BCUT2D eigenvalue weighted by Gasteiger charge is 2.40. The van der Waals surface area contributed by atoms with Gasteiger partial charge in [-0.25, -0.2) is 0 Å². The van der Waals surface area contributed by atoms with E-state index < -0.39 is 15.3 Å². The molecule has 0 aliphatic carbocycles. The summed E-state index contributed by atoms with van der Waals surface area (Å²) in [4.78, 5) is 0. The number of nitrogens with zero attached hydrogens (tertiary/aromatic N) is 3. The quantitative estimate of drug-likeness (QED) is 0.130. The third-order valence-electron chi connectivity index (χ3n) is 5.51. The van der Waals surface area contributed by atoms with Crippen molar-refractivity contribution in [3.63, 3.8) is 0 Å². The molecule has 218 valence electrons. The average Bonchev–Trinajstić information content (AvgIpc) is 3.01. The molecule has 0 amide bonds. The Morgan fingerprint density at radius 2 is 1.05 bits per heavy atom. The van der Waals surface area contributed by atoms with Gasteiger partial charge in [-0.1, -0.05) is 79.0 Å². The number of hydrogen-bond donors (Lipinski definition) is 0. The normalized spacial score (nSPS) is 17.2. The maximum absolute atomic E-state index is 6.68. The highest BCUT2D eigenvalue weighted by atomic mass is 31.3. The molecule has 1 unspecified atom stereocenters. The summed E-state index contributed by atoms with van der Waals surface area (Å²) in [6.07, 6.45) is 1.65. The van der Waals surface area contributed by atoms with Gasteiger partial charge in [0, 0.05) is 0 Å². The molecule has 0 N–H and O–H groups in total. The molecule has 0 spiro atoms. The van der Waals surface area contributed by atoms with E-state index in [4.69, 9.17) is 36.6 Å². The third-order valence-corrected chi connectivity index (χ3v) is 11.5. The van der Waals surface area contributed by atoms with Crippen LogP contribution < -0.4 is 27.6 Å². The van der Waals surface area contributed by atoms with Crippen molar-refractivity contribution in [3.05, 3.63) is 109 Å². The molecule has 42 heavy (non-hydrogen) atoms. The molecule has 1 heterocycles. The number of ether oxygens (including phenoxy) is 2. The summed E-state index contributed by atoms with van der Waals surface area (Å²) >= 11 is 0. The van der Waals surface area contributed by atoms with Gasteiger partial charge in [0.2, 0.25) is 5.75 Å². The maximum Gasteiger partial charge on any atom is 0.460 e. The highest BCUT2D eigenvalue weighted by molar-refractivity contribution is 7.73. The molecule has 4 aromatic rings. The molecule has 0 saturated carbocycles. The lowest BCUT2D eigenvalue weighted by Gasteiger charge is -2.28. The number of para-hydroxylation sites is 4. The van der Waals surface area contributed by atoms with Gasteiger partial charge >= 0.3 is 15.3 Å². The Balaban J connectivity index is 1.65. The van der Waals surface area contributed by atoms with Crippen LogP contribution in [0, 0.1) is 0 Å². The standard InChI is InChI=1S/C30H32N3O6P3/c1-3-23-34-28-21-14-22-29(30(28)35-24-4-2)39-42(38-27-19-12-7-13-20-27)32-40-31-41(33-42,36-25-15-8-5-9-16-25)37-26-17-10-6-11-18-26/h5-22H,3-4,23-24H2,1-2H3. The Labute approximate surface area is 248 Å². The summed E-state index contributed by atoms with van der Waals surface area (Å²) in [6, 6.07) is 33.4. The zero-order valence-electron chi connectivity index (χ0n) is 23.4. The minimum Gasteiger partial charge on any atom is -0.490 e. The van der Waals surface area contributed by atoms with E-state index >= 15 is 0 Å². The predicted octanol–water partition coefficient (Wildman–Crippen LogP) is 10.8. The maximum atomic E-state index is 6.68. The van der Waals surface area contributed by atoms with E-state index in [0.29, 0.717) is 56.2 Å². The fraction of sp³-hybridized carbons (Fsp3) is 0.200. The number of benzene rings is 4. The van der Waals surface area contributed by atoms with Crippen molar-refractivity contribution in [2.45, 2.75) is 26.7 Å². The van der Waals surface area contributed by atoms with Crippen LogP contribution in [-0.2, 0) is 0 Å². The minimum atomic E-state index is -3.53. The Bertz CT molecular complexity index is 1540. The second-order valence-electron chi connectivity index (χ2n) is 8.92. The summed E-state index contributed by atoms with van der Waals surface area (Å²) in [5, 5.41) is 0. The summed E-state index contributed by atoms with van der Waals surface area (Å²) in [7, 11) is -6.65. The van der Waals surface area contributed by atoms with Gasteiger partial charge in [-0.2, -0.15) is 0 Å². The van der Waals surface area contributed by atoms with Crippen LogP contribution >= 0.6 is 23.8 Å². The molecule has 5 rings (SSSR count). The van der Waals surface area contributed by atoms with Crippen LogP contribution in [0.4, 0.5) is 0 Å². The number of hydrogen-bond acceptors (Lipinski definition) is 9. The first kappa shape index (κ1) is 29.7. The zero-order chi connectivity index (χ0) is 29.1. The molecule has 0 fully saturated rings. The lowest BCUT2D eigenvalue weighted by Crippen LogP contribution is -2.07. The molecule has 9 nitrogen and oxygen atoms in total. The SMILES string of the molecule is CCCOc1cccc(OP2(Oc3ccccc3)=NP=NP(Oc3ccccc3)(Oc3ccccc3)=N2)c1OCCC. The summed E-state index contributed by atoms with van der Waals surface area (Å²) in [5.41, 5.74) is 0. The fourth-order valence-electron chi connectivity index (χ4n) is 3.70. The fourth-order valence-corrected chi connectivity index (χ4v) is 9.88. The van der Waals surface area contributed by atoms with Gasteiger partial charge in [-0.3, -0.25) is 0 Å². The molecule has 0 saturated heterocycles. The average molecular weight is 624 g/mol. The molecule has 0 radical (unpaired) electrons. The second kappa shape index (κ2) is 14.4. The molecule has 1 aliphatic heterocycles. The van der Waals surface area contributed by atoms with Gasteiger partial charge in [-0.05, 0) is 61.4 Å². The largest absolute Gasteiger partial charge is 0.490 e. The van der Waals surface area contributed by atoms with Crippen LogP contribution in [-0.4, -0.2) is 13.2 Å². The minimum absolute atomic E-state index is 0.300. The monoisotopic (exact) mass is 623 g/mol. The summed E-state index contributed by atoms with van der Waals surface area (Å²) < 4.78 is 52.7. The van der Waals surface area contributed by atoms with Gasteiger partial charge in [0.1, 0.15) is 17.2 Å². The molecule has 12 heteroatoms. The molecular weight excluding hydrogens is 591 g/mol. The van der Waals surface area contributed by atoms with Crippen LogP contribution in [0.25, 0.3) is 0 Å². The van der Waals surface area contributed by atoms with Crippen LogP contribution in [0.2, 0.25) is 0 Å². The second-order valence-corrected chi connectivity index (χ2v) is 13.9. The van der Waals surface area contributed by atoms with Crippen molar-refractivity contribution in [2.75, 3.05) is 13.2 Å².